The van der Waals surface area contributed by atoms with Gasteiger partial charge >= 0.3 is 0 Å². The van der Waals surface area contributed by atoms with Gasteiger partial charge in [0.15, 0.2) is 11.4 Å². The van der Waals surface area contributed by atoms with Crippen LogP contribution in [0.5, 0.6) is 5.75 Å². The number of rotatable bonds is 3. The largest absolute Gasteiger partial charge is 0.494 e. The van der Waals surface area contributed by atoms with E-state index in [2.05, 4.69) is 4.98 Å². The molecule has 0 unspecified atom stereocenters. The van der Waals surface area contributed by atoms with Gasteiger partial charge in [0.1, 0.15) is 0 Å². The number of hydrogen-bond acceptors (Lipinski definition) is 3. The predicted octanol–water partition coefficient (Wildman–Crippen LogP) is 2.72. The molecule has 0 amide bonds. The van der Waals surface area contributed by atoms with Crippen molar-refractivity contribution in [2.45, 2.75) is 13.3 Å². The molecule has 1 heterocycles. The van der Waals surface area contributed by atoms with Gasteiger partial charge in [-0.1, -0.05) is 0 Å². The van der Waals surface area contributed by atoms with Crippen LogP contribution in [0.1, 0.15) is 28.0 Å². The summed E-state index contributed by atoms with van der Waals surface area (Å²) in [4.78, 5) is 14.4. The minimum atomic E-state index is -2.66. The minimum Gasteiger partial charge on any atom is -0.494 e. The molecule has 15 heavy (non-hydrogen) atoms. The van der Waals surface area contributed by atoms with Crippen molar-refractivity contribution in [3.8, 4) is 5.75 Å². The average Bonchev–Trinajstić information content (AvgIpc) is 2.16. The van der Waals surface area contributed by atoms with Gasteiger partial charge in [0.2, 0.25) is 0 Å². The quantitative estimate of drug-likeness (QED) is 0.756. The summed E-state index contributed by atoms with van der Waals surface area (Å²) in [5.41, 5.74) is -0.249. The lowest BCUT2D eigenvalue weighted by molar-refractivity contribution is 0.107. The Bertz CT molecular complexity index is 396. The van der Waals surface area contributed by atoms with Crippen LogP contribution in [0.3, 0.4) is 0 Å². The van der Waals surface area contributed by atoms with Crippen LogP contribution in [0.25, 0.3) is 0 Å². The third-order valence-electron chi connectivity index (χ3n) is 1.95. The highest BCUT2D eigenvalue weighted by Crippen LogP contribution is 2.31. The molecule has 0 bridgehead atoms. The first-order chi connectivity index (χ1) is 6.99. The Morgan fingerprint density at radius 2 is 2.20 bits per heavy atom. The maximum atomic E-state index is 12.5. The van der Waals surface area contributed by atoms with Gasteiger partial charge in [0.05, 0.1) is 7.11 Å². The van der Waals surface area contributed by atoms with Crippen LogP contribution < -0.4 is 4.74 Å². The molecule has 1 aromatic rings. The number of pyridine rings is 1. The summed E-state index contributed by atoms with van der Waals surface area (Å²) in [6.07, 6.45) is -1.73. The van der Waals surface area contributed by atoms with Crippen molar-refractivity contribution in [2.75, 3.05) is 7.11 Å². The second kappa shape index (κ2) is 4.53. The van der Waals surface area contributed by atoms with E-state index >= 15 is 0 Å². The number of aromatic nitrogens is 1. The number of alkyl halides is 2. The van der Waals surface area contributed by atoms with Crippen molar-refractivity contribution < 1.29 is 18.3 Å². The van der Waals surface area contributed by atoms with E-state index < -0.39 is 11.7 Å². The lowest BCUT2D eigenvalue weighted by Crippen LogP contribution is -2.04. The lowest BCUT2D eigenvalue weighted by atomic mass is 10.1. The Kier molecular flexibility index (Phi) is 3.57. The highest BCUT2D eigenvalue weighted by atomic mass is 35.5. The molecule has 0 spiro atoms. The zero-order valence-corrected chi connectivity index (χ0v) is 8.81. The molecular formula is C9H8ClF2NO2. The Hall–Kier alpha value is -1.23. The first-order valence-electron chi connectivity index (χ1n) is 4.00. The van der Waals surface area contributed by atoms with E-state index in [1.54, 1.807) is 0 Å². The maximum absolute atomic E-state index is 12.5. The lowest BCUT2D eigenvalue weighted by Gasteiger charge is -2.11. The average molecular weight is 236 g/mol. The fraction of sp³-hybridized carbons (Fsp3) is 0.333. The molecule has 3 nitrogen and oxygen atoms in total. The number of carbonyl (C=O) groups is 1. The summed E-state index contributed by atoms with van der Waals surface area (Å²) in [6, 6.07) is 0. The Balaban J connectivity index is 3.39. The molecule has 0 aliphatic rings. The summed E-state index contributed by atoms with van der Waals surface area (Å²) < 4.78 is 29.8. The van der Waals surface area contributed by atoms with Crippen molar-refractivity contribution in [1.82, 2.24) is 4.98 Å². The van der Waals surface area contributed by atoms with Crippen molar-refractivity contribution >= 4 is 16.8 Å². The van der Waals surface area contributed by atoms with Crippen LogP contribution in [0.4, 0.5) is 8.78 Å². The SMILES string of the molecule is COc1c(C(=O)Cl)ncc(C(F)F)c1C. The topological polar surface area (TPSA) is 39.2 Å². The van der Waals surface area contributed by atoms with Crippen LogP contribution in [0, 0.1) is 6.92 Å². The smallest absolute Gasteiger partial charge is 0.274 e. The van der Waals surface area contributed by atoms with E-state index in [4.69, 9.17) is 16.3 Å². The van der Waals surface area contributed by atoms with E-state index in [1.165, 1.54) is 14.0 Å². The monoisotopic (exact) mass is 235 g/mol. The van der Waals surface area contributed by atoms with Crippen LogP contribution >= 0.6 is 11.6 Å². The van der Waals surface area contributed by atoms with E-state index in [1.807, 2.05) is 0 Å². The van der Waals surface area contributed by atoms with Crippen molar-refractivity contribution in [2.24, 2.45) is 0 Å². The number of carbonyl (C=O) groups excluding carboxylic acids is 1. The van der Waals surface area contributed by atoms with Crippen LogP contribution in [-0.4, -0.2) is 17.3 Å². The molecule has 0 saturated carbocycles. The second-order valence-electron chi connectivity index (χ2n) is 2.79. The fourth-order valence-electron chi connectivity index (χ4n) is 1.21. The molecule has 0 fully saturated rings. The highest BCUT2D eigenvalue weighted by molar-refractivity contribution is 6.67. The van der Waals surface area contributed by atoms with E-state index in [0.717, 1.165) is 6.20 Å². The van der Waals surface area contributed by atoms with Gasteiger partial charge in [-0.25, -0.2) is 13.8 Å². The molecule has 0 saturated heterocycles. The molecule has 0 atom stereocenters. The van der Waals surface area contributed by atoms with Crippen LogP contribution in [0.15, 0.2) is 6.20 Å². The number of nitrogens with zero attached hydrogens (tertiary/aromatic N) is 1. The predicted molar refractivity (Wildman–Crippen MR) is 50.7 cm³/mol. The van der Waals surface area contributed by atoms with E-state index in [9.17, 15) is 13.6 Å². The Morgan fingerprint density at radius 3 is 2.60 bits per heavy atom. The molecular weight excluding hydrogens is 228 g/mol. The van der Waals surface area contributed by atoms with Gasteiger partial charge < -0.3 is 4.74 Å². The fourth-order valence-corrected chi connectivity index (χ4v) is 1.34. The van der Waals surface area contributed by atoms with Gasteiger partial charge in [-0.15, -0.1) is 0 Å². The van der Waals surface area contributed by atoms with Crippen LogP contribution in [0.2, 0.25) is 0 Å². The molecule has 1 rings (SSSR count). The molecule has 0 N–H and O–H groups in total. The van der Waals surface area contributed by atoms with Gasteiger partial charge in [0, 0.05) is 17.3 Å². The maximum Gasteiger partial charge on any atom is 0.274 e. The van der Waals surface area contributed by atoms with Gasteiger partial charge in [-0.2, -0.15) is 0 Å². The summed E-state index contributed by atoms with van der Waals surface area (Å²) in [7, 11) is 1.27. The summed E-state index contributed by atoms with van der Waals surface area (Å²) >= 11 is 5.22. The molecule has 0 radical (unpaired) electrons. The molecule has 1 aromatic heterocycles. The van der Waals surface area contributed by atoms with Gasteiger partial charge in [0.25, 0.3) is 11.7 Å². The highest BCUT2D eigenvalue weighted by Gasteiger charge is 2.20. The summed E-state index contributed by atoms with van der Waals surface area (Å²) in [6.45, 7) is 1.42. The molecule has 6 heteroatoms. The molecule has 82 valence electrons. The molecule has 0 aromatic carbocycles. The van der Waals surface area contributed by atoms with E-state index in [-0.39, 0.29) is 22.6 Å². The first kappa shape index (κ1) is 11.8. The standard InChI is InChI=1S/C9H8ClF2NO2/c1-4-5(9(11)12)3-13-6(8(10)14)7(4)15-2/h3,9H,1-2H3. The Labute approximate surface area is 90.0 Å². The summed E-state index contributed by atoms with van der Waals surface area (Å²) in [5, 5.41) is -0.837. The van der Waals surface area contributed by atoms with E-state index in [0.29, 0.717) is 0 Å². The van der Waals surface area contributed by atoms with Crippen molar-refractivity contribution in [1.29, 1.82) is 0 Å². The third-order valence-corrected chi connectivity index (χ3v) is 2.13. The molecule has 0 aliphatic heterocycles. The van der Waals surface area contributed by atoms with Gasteiger partial charge in [-0.05, 0) is 18.5 Å². The number of methoxy groups -OCH3 is 1. The normalized spacial score (nSPS) is 10.5. The summed E-state index contributed by atoms with van der Waals surface area (Å²) in [5.74, 6) is -0.00667. The molecule has 0 aliphatic carbocycles. The number of halogens is 3. The van der Waals surface area contributed by atoms with Crippen molar-refractivity contribution in [3.63, 3.8) is 0 Å². The third kappa shape index (κ3) is 2.23. The second-order valence-corrected chi connectivity index (χ2v) is 3.14. The minimum absolute atomic E-state index is 0.00667. The van der Waals surface area contributed by atoms with Gasteiger partial charge in [-0.3, -0.25) is 4.79 Å². The zero-order chi connectivity index (χ0) is 11.6. The first-order valence-corrected chi connectivity index (χ1v) is 4.38. The van der Waals surface area contributed by atoms with Crippen molar-refractivity contribution in [3.05, 3.63) is 23.0 Å². The van der Waals surface area contributed by atoms with Crippen LogP contribution in [-0.2, 0) is 0 Å². The number of ether oxygens (including phenoxy) is 1. The zero-order valence-electron chi connectivity index (χ0n) is 8.05. The number of hydrogen-bond donors (Lipinski definition) is 0. The Morgan fingerprint density at radius 1 is 1.60 bits per heavy atom.